The Morgan fingerprint density at radius 3 is 2.50 bits per heavy atom. The van der Waals surface area contributed by atoms with Crippen molar-refractivity contribution >= 4 is 15.7 Å². The van der Waals surface area contributed by atoms with Crippen molar-refractivity contribution < 1.29 is 13.2 Å². The predicted octanol–water partition coefficient (Wildman–Crippen LogP) is 1.15. The van der Waals surface area contributed by atoms with E-state index >= 15 is 0 Å². The first kappa shape index (κ1) is 14.9. The van der Waals surface area contributed by atoms with E-state index in [0.29, 0.717) is 24.4 Å². The summed E-state index contributed by atoms with van der Waals surface area (Å²) < 4.78 is 30.8. The minimum atomic E-state index is -3.51. The van der Waals surface area contributed by atoms with Gasteiger partial charge in [-0.2, -0.15) is 4.31 Å². The smallest absolute Gasteiger partial charge is 0.243 e. The zero-order chi connectivity index (χ0) is 13.9. The van der Waals surface area contributed by atoms with E-state index in [2.05, 4.69) is 0 Å². The minimum absolute atomic E-state index is 0.254. The van der Waals surface area contributed by atoms with Gasteiger partial charge in [-0.15, -0.1) is 0 Å². The third kappa shape index (κ3) is 2.82. The zero-order valence-corrected chi connectivity index (χ0v) is 12.0. The molecule has 0 atom stereocenters. The summed E-state index contributed by atoms with van der Waals surface area (Å²) in [6, 6.07) is 3.32. The molecule has 102 valence electrons. The summed E-state index contributed by atoms with van der Waals surface area (Å²) in [4.78, 5) is 0.254. The third-order valence-corrected chi connectivity index (χ3v) is 4.98. The summed E-state index contributed by atoms with van der Waals surface area (Å²) in [5, 5.41) is 0. The van der Waals surface area contributed by atoms with E-state index in [1.165, 1.54) is 18.5 Å². The number of hydrogen-bond acceptors (Lipinski definition) is 4. The highest BCUT2D eigenvalue weighted by molar-refractivity contribution is 7.89. The lowest BCUT2D eigenvalue weighted by Crippen LogP contribution is -2.30. The number of benzene rings is 1. The topological polar surface area (TPSA) is 72.6 Å². The van der Waals surface area contributed by atoms with Gasteiger partial charge in [0, 0.05) is 26.4 Å². The van der Waals surface area contributed by atoms with E-state index in [1.807, 2.05) is 6.92 Å². The van der Waals surface area contributed by atoms with Crippen molar-refractivity contribution in [1.29, 1.82) is 0 Å². The first-order valence-corrected chi connectivity index (χ1v) is 7.07. The maximum Gasteiger partial charge on any atom is 0.243 e. The van der Waals surface area contributed by atoms with Crippen LogP contribution in [0.25, 0.3) is 0 Å². The summed E-state index contributed by atoms with van der Waals surface area (Å²) in [5.41, 5.74) is 7.87. The Morgan fingerprint density at radius 2 is 1.94 bits per heavy atom. The molecule has 0 aliphatic rings. The van der Waals surface area contributed by atoms with Crippen LogP contribution in [0.1, 0.15) is 11.1 Å². The SMILES string of the molecule is COCCN(C)S(=O)(=O)c1ccc(C)c(N)c1C. The van der Waals surface area contributed by atoms with Crippen LogP contribution in [-0.2, 0) is 14.8 Å². The fourth-order valence-electron chi connectivity index (χ4n) is 1.63. The number of sulfonamides is 1. The van der Waals surface area contributed by atoms with Crippen molar-refractivity contribution in [2.24, 2.45) is 0 Å². The minimum Gasteiger partial charge on any atom is -0.398 e. The van der Waals surface area contributed by atoms with E-state index in [4.69, 9.17) is 10.5 Å². The summed E-state index contributed by atoms with van der Waals surface area (Å²) >= 11 is 0. The number of nitrogens with two attached hydrogens (primary N) is 1. The van der Waals surface area contributed by atoms with Gasteiger partial charge in [-0.3, -0.25) is 0 Å². The molecule has 5 nitrogen and oxygen atoms in total. The second-order valence-electron chi connectivity index (χ2n) is 4.24. The lowest BCUT2D eigenvalue weighted by Gasteiger charge is -2.19. The van der Waals surface area contributed by atoms with E-state index in [0.717, 1.165) is 5.56 Å². The molecule has 0 heterocycles. The number of aryl methyl sites for hydroxylation is 1. The number of methoxy groups -OCH3 is 1. The van der Waals surface area contributed by atoms with Gasteiger partial charge >= 0.3 is 0 Å². The maximum absolute atomic E-state index is 12.3. The van der Waals surface area contributed by atoms with Crippen molar-refractivity contribution in [1.82, 2.24) is 4.31 Å². The van der Waals surface area contributed by atoms with Gasteiger partial charge in [0.05, 0.1) is 11.5 Å². The van der Waals surface area contributed by atoms with Crippen LogP contribution in [-0.4, -0.2) is 40.0 Å². The summed E-state index contributed by atoms with van der Waals surface area (Å²) in [6.45, 7) is 4.24. The summed E-state index contributed by atoms with van der Waals surface area (Å²) in [5.74, 6) is 0. The second kappa shape index (κ2) is 5.69. The lowest BCUT2D eigenvalue weighted by atomic mass is 10.1. The number of ether oxygens (including phenoxy) is 1. The highest BCUT2D eigenvalue weighted by atomic mass is 32.2. The molecule has 2 N–H and O–H groups in total. The molecule has 0 saturated heterocycles. The third-order valence-electron chi connectivity index (χ3n) is 2.98. The van der Waals surface area contributed by atoms with Gasteiger partial charge in [-0.1, -0.05) is 6.07 Å². The Morgan fingerprint density at radius 1 is 1.33 bits per heavy atom. The van der Waals surface area contributed by atoms with Crippen molar-refractivity contribution in [2.75, 3.05) is 33.0 Å². The van der Waals surface area contributed by atoms with Gasteiger partial charge in [-0.05, 0) is 31.0 Å². The molecule has 0 fully saturated rings. The van der Waals surface area contributed by atoms with Crippen molar-refractivity contribution in [3.8, 4) is 0 Å². The molecule has 1 rings (SSSR count). The normalized spacial score (nSPS) is 12.1. The average Bonchev–Trinajstić information content (AvgIpc) is 2.32. The summed E-state index contributed by atoms with van der Waals surface area (Å²) in [7, 11) is -0.439. The zero-order valence-electron chi connectivity index (χ0n) is 11.2. The van der Waals surface area contributed by atoms with Crippen LogP contribution >= 0.6 is 0 Å². The van der Waals surface area contributed by atoms with Gasteiger partial charge in [-0.25, -0.2) is 8.42 Å². The monoisotopic (exact) mass is 272 g/mol. The Labute approximate surface area is 109 Å². The van der Waals surface area contributed by atoms with Crippen molar-refractivity contribution in [3.05, 3.63) is 23.3 Å². The molecule has 0 unspecified atom stereocenters. The van der Waals surface area contributed by atoms with Gasteiger partial charge in [0.2, 0.25) is 10.0 Å². The van der Waals surface area contributed by atoms with Crippen LogP contribution in [0.2, 0.25) is 0 Å². The quantitative estimate of drug-likeness (QED) is 0.816. The molecule has 1 aromatic carbocycles. The molecule has 0 aromatic heterocycles. The van der Waals surface area contributed by atoms with Crippen LogP contribution in [0.3, 0.4) is 0 Å². The first-order chi connectivity index (χ1) is 8.32. The molecule has 1 aromatic rings. The highest BCUT2D eigenvalue weighted by Gasteiger charge is 2.23. The van der Waals surface area contributed by atoms with Crippen LogP contribution in [0.15, 0.2) is 17.0 Å². The number of hydrogen-bond donors (Lipinski definition) is 1. The Balaban J connectivity index is 3.17. The fraction of sp³-hybridized carbons (Fsp3) is 0.500. The molecule has 0 spiro atoms. The molecule has 0 amide bonds. The summed E-state index contributed by atoms with van der Waals surface area (Å²) in [6.07, 6.45) is 0. The van der Waals surface area contributed by atoms with E-state index in [-0.39, 0.29) is 4.90 Å². The van der Waals surface area contributed by atoms with Gasteiger partial charge < -0.3 is 10.5 Å². The number of rotatable bonds is 5. The lowest BCUT2D eigenvalue weighted by molar-refractivity contribution is 0.185. The average molecular weight is 272 g/mol. The fourth-order valence-corrected chi connectivity index (χ4v) is 3.02. The van der Waals surface area contributed by atoms with Gasteiger partial charge in [0.15, 0.2) is 0 Å². The second-order valence-corrected chi connectivity index (χ2v) is 6.25. The molecule has 0 bridgehead atoms. The largest absolute Gasteiger partial charge is 0.398 e. The van der Waals surface area contributed by atoms with Crippen LogP contribution in [0.4, 0.5) is 5.69 Å². The Hall–Kier alpha value is -1.11. The molecule has 0 saturated carbocycles. The first-order valence-electron chi connectivity index (χ1n) is 5.63. The van der Waals surface area contributed by atoms with Crippen LogP contribution in [0, 0.1) is 13.8 Å². The molecular formula is C12H20N2O3S. The number of nitrogen functional groups attached to an aromatic ring is 1. The number of likely N-dealkylation sites (N-methyl/N-ethyl adjacent to an activating group) is 1. The maximum atomic E-state index is 12.3. The molecule has 0 aliphatic carbocycles. The van der Waals surface area contributed by atoms with Crippen molar-refractivity contribution in [3.63, 3.8) is 0 Å². The van der Waals surface area contributed by atoms with Gasteiger partial charge in [0.25, 0.3) is 0 Å². The molecule has 0 radical (unpaired) electrons. The number of anilines is 1. The van der Waals surface area contributed by atoms with E-state index < -0.39 is 10.0 Å². The van der Waals surface area contributed by atoms with Crippen LogP contribution < -0.4 is 5.73 Å². The number of nitrogens with zero attached hydrogens (tertiary/aromatic N) is 1. The Bertz CT molecular complexity index is 526. The molecule has 0 aliphatic heterocycles. The van der Waals surface area contributed by atoms with E-state index in [1.54, 1.807) is 19.1 Å². The molecule has 6 heteroatoms. The highest BCUT2D eigenvalue weighted by Crippen LogP contribution is 2.25. The predicted molar refractivity (Wildman–Crippen MR) is 72.0 cm³/mol. The van der Waals surface area contributed by atoms with Crippen LogP contribution in [0.5, 0.6) is 0 Å². The van der Waals surface area contributed by atoms with Gasteiger partial charge in [0.1, 0.15) is 0 Å². The van der Waals surface area contributed by atoms with E-state index in [9.17, 15) is 8.42 Å². The Kier molecular flexibility index (Phi) is 4.72. The van der Waals surface area contributed by atoms with Crippen molar-refractivity contribution in [2.45, 2.75) is 18.7 Å². The molecule has 18 heavy (non-hydrogen) atoms. The molecular weight excluding hydrogens is 252 g/mol. The standard InChI is InChI=1S/C12H20N2O3S/c1-9-5-6-11(10(2)12(9)13)18(15,16)14(3)7-8-17-4/h5-6H,7-8,13H2,1-4H3.